The van der Waals surface area contributed by atoms with Crippen LogP contribution in [0.2, 0.25) is 0 Å². The van der Waals surface area contributed by atoms with Crippen LogP contribution in [-0.4, -0.2) is 129 Å². The summed E-state index contributed by atoms with van der Waals surface area (Å²) >= 11 is 12.4. The van der Waals surface area contributed by atoms with Crippen LogP contribution in [0, 0.1) is 27.7 Å². The van der Waals surface area contributed by atoms with E-state index in [1.54, 1.807) is 4.90 Å². The Morgan fingerprint density at radius 1 is 0.778 bits per heavy atom. The second-order valence-electron chi connectivity index (χ2n) is 12.4. The van der Waals surface area contributed by atoms with Crippen LogP contribution in [0.15, 0.2) is 33.2 Å². The highest BCUT2D eigenvalue weighted by molar-refractivity contribution is 9.10. The molecule has 2 aromatic rings. The van der Waals surface area contributed by atoms with Crippen molar-refractivity contribution in [3.05, 3.63) is 66.6 Å². The number of ether oxygens (including phenoxy) is 1. The molecule has 252 valence electrons. The van der Waals surface area contributed by atoms with Crippen LogP contribution in [-0.2, 0) is 4.74 Å². The lowest BCUT2D eigenvalue weighted by molar-refractivity contribution is -0.0439. The number of β-amino-alcohol motifs (C(OH)–C–C–N with tert-alkyl or cyclic N) is 1. The number of alkyl halides is 1. The number of nitrogens with zero attached hydrogens (tertiary/aromatic N) is 4. The van der Waals surface area contributed by atoms with Crippen LogP contribution in [0.5, 0.6) is 0 Å². The molecule has 1 N–H and O–H groups in total. The Morgan fingerprint density at radius 3 is 1.49 bits per heavy atom. The maximum absolute atomic E-state index is 12.5. The zero-order valence-electron chi connectivity index (χ0n) is 28.1. The number of rotatable bonds is 10. The van der Waals surface area contributed by atoms with E-state index in [-0.39, 0.29) is 24.0 Å². The molecule has 2 fully saturated rings. The van der Waals surface area contributed by atoms with E-state index in [0.717, 1.165) is 75.2 Å². The van der Waals surface area contributed by atoms with Gasteiger partial charge in [0.05, 0.1) is 12.2 Å². The van der Waals surface area contributed by atoms with Gasteiger partial charge in [0.1, 0.15) is 0 Å². The van der Waals surface area contributed by atoms with Gasteiger partial charge in [-0.3, -0.25) is 9.59 Å². The Kier molecular flexibility index (Phi) is 17.0. The summed E-state index contributed by atoms with van der Waals surface area (Å²) in [6, 6.07) is 7.66. The fourth-order valence-corrected chi connectivity index (χ4v) is 5.42. The number of benzene rings is 2. The van der Waals surface area contributed by atoms with Gasteiger partial charge in [-0.05, 0) is 128 Å². The minimum absolute atomic E-state index is 0.00370. The molecule has 0 aromatic heterocycles. The predicted molar refractivity (Wildman–Crippen MR) is 192 cm³/mol. The standard InChI is InChI=1S/C17H25BrN2O2.C12H14BrNO2.C5H12ClN/c1-12-8-14(9-13(2)16(12)18)17(21)20-10-15(11-20)22-7-5-6-19(3)4;1-7-3-9(4-8(2)11(7)13)12(16)14-5-10(15)6-14;1-7(2)5-3-4-6/h8-9,15H,5-7,10-11H2,1-4H3;3-4,10,15H,5-6H2,1-2H3;3-5H2,1-2H3. The Bertz CT molecular complexity index is 1220. The van der Waals surface area contributed by atoms with Crippen molar-refractivity contribution >= 4 is 55.3 Å². The summed E-state index contributed by atoms with van der Waals surface area (Å²) < 4.78 is 7.91. The largest absolute Gasteiger partial charge is 0.389 e. The summed E-state index contributed by atoms with van der Waals surface area (Å²) in [6.45, 7) is 13.2. The molecular formula is C34H51Br2ClN4O4. The number of amides is 2. The second kappa shape index (κ2) is 19.3. The first kappa shape index (κ1) is 39.6. The summed E-state index contributed by atoms with van der Waals surface area (Å²) in [5.74, 6) is 0.883. The van der Waals surface area contributed by atoms with Gasteiger partial charge in [-0.2, -0.15) is 0 Å². The minimum atomic E-state index is -0.346. The van der Waals surface area contributed by atoms with E-state index in [1.165, 1.54) is 0 Å². The van der Waals surface area contributed by atoms with Crippen molar-refractivity contribution in [2.45, 2.75) is 52.7 Å². The number of aryl methyl sites for hydroxylation is 4. The van der Waals surface area contributed by atoms with Crippen molar-refractivity contribution in [2.75, 3.05) is 79.9 Å². The van der Waals surface area contributed by atoms with Gasteiger partial charge >= 0.3 is 0 Å². The Balaban J connectivity index is 0.000000267. The number of carbonyl (C=O) groups excluding carboxylic acids is 2. The number of carbonyl (C=O) groups is 2. The zero-order chi connectivity index (χ0) is 33.8. The van der Waals surface area contributed by atoms with Gasteiger partial charge in [0.25, 0.3) is 11.8 Å². The zero-order valence-corrected chi connectivity index (χ0v) is 32.1. The Hall–Kier alpha value is -1.53. The van der Waals surface area contributed by atoms with Gasteiger partial charge < -0.3 is 29.4 Å². The topological polar surface area (TPSA) is 76.6 Å². The molecule has 0 saturated carbocycles. The summed E-state index contributed by atoms with van der Waals surface area (Å²) in [5.41, 5.74) is 5.78. The smallest absolute Gasteiger partial charge is 0.254 e. The highest BCUT2D eigenvalue weighted by Crippen LogP contribution is 2.25. The van der Waals surface area contributed by atoms with Crippen LogP contribution in [0.3, 0.4) is 0 Å². The van der Waals surface area contributed by atoms with Crippen LogP contribution >= 0.6 is 43.5 Å². The van der Waals surface area contributed by atoms with Gasteiger partial charge in [0, 0.05) is 58.7 Å². The molecule has 2 amide bonds. The third-order valence-corrected chi connectivity index (χ3v) is 10.3. The fourth-order valence-electron chi connectivity index (χ4n) is 4.84. The molecule has 45 heavy (non-hydrogen) atoms. The SMILES string of the molecule is CN(C)CCCCl.Cc1cc(C(=O)N2CC(O)C2)cc(C)c1Br.Cc1cc(C(=O)N2CC(OCCCN(C)C)C2)cc(C)c1Br. The first-order chi connectivity index (χ1) is 21.1. The number of aliphatic hydroxyl groups excluding tert-OH is 1. The third-order valence-electron chi connectivity index (χ3n) is 7.49. The summed E-state index contributed by atoms with van der Waals surface area (Å²) in [7, 11) is 8.22. The molecule has 2 aliphatic heterocycles. The number of halogens is 3. The van der Waals surface area contributed by atoms with Gasteiger partial charge in [0.15, 0.2) is 0 Å². The molecule has 4 rings (SSSR count). The first-order valence-electron chi connectivity index (χ1n) is 15.4. The van der Waals surface area contributed by atoms with Crippen LogP contribution in [0.4, 0.5) is 0 Å². The molecule has 2 aliphatic rings. The monoisotopic (exact) mass is 772 g/mol. The normalized spacial score (nSPS) is 14.8. The van der Waals surface area contributed by atoms with Crippen molar-refractivity contribution < 1.29 is 19.4 Å². The van der Waals surface area contributed by atoms with E-state index in [1.807, 2.05) is 71.0 Å². The van der Waals surface area contributed by atoms with E-state index < -0.39 is 0 Å². The van der Waals surface area contributed by atoms with E-state index in [9.17, 15) is 9.59 Å². The Morgan fingerprint density at radius 2 is 1.16 bits per heavy atom. The number of aliphatic hydroxyl groups is 1. The third kappa shape index (κ3) is 12.9. The van der Waals surface area contributed by atoms with E-state index in [2.05, 4.69) is 55.8 Å². The molecule has 0 aliphatic carbocycles. The Labute approximate surface area is 292 Å². The highest BCUT2D eigenvalue weighted by atomic mass is 79.9. The van der Waals surface area contributed by atoms with Crippen molar-refractivity contribution in [2.24, 2.45) is 0 Å². The molecule has 2 aromatic carbocycles. The van der Waals surface area contributed by atoms with Gasteiger partial charge in [0.2, 0.25) is 0 Å². The van der Waals surface area contributed by atoms with Crippen molar-refractivity contribution in [3.63, 3.8) is 0 Å². The van der Waals surface area contributed by atoms with E-state index in [4.69, 9.17) is 21.4 Å². The van der Waals surface area contributed by atoms with Crippen LogP contribution in [0.1, 0.15) is 55.8 Å². The van der Waals surface area contributed by atoms with Crippen molar-refractivity contribution in [1.29, 1.82) is 0 Å². The van der Waals surface area contributed by atoms with Crippen molar-refractivity contribution in [1.82, 2.24) is 19.6 Å². The molecule has 0 bridgehead atoms. The van der Waals surface area contributed by atoms with Gasteiger partial charge in [-0.1, -0.05) is 31.9 Å². The lowest BCUT2D eigenvalue weighted by Crippen LogP contribution is -2.54. The fraction of sp³-hybridized carbons (Fsp3) is 0.588. The molecule has 0 atom stereocenters. The van der Waals surface area contributed by atoms with Gasteiger partial charge in [-0.25, -0.2) is 0 Å². The summed E-state index contributed by atoms with van der Waals surface area (Å²) in [6.07, 6.45) is 1.97. The number of hydrogen-bond donors (Lipinski definition) is 1. The molecular weight excluding hydrogens is 724 g/mol. The van der Waals surface area contributed by atoms with E-state index >= 15 is 0 Å². The quantitative estimate of drug-likeness (QED) is 0.239. The number of likely N-dealkylation sites (tertiary alicyclic amines) is 2. The average Bonchev–Trinajstić information content (AvgIpc) is 2.94. The molecule has 0 unspecified atom stereocenters. The summed E-state index contributed by atoms with van der Waals surface area (Å²) in [5, 5.41) is 9.17. The maximum Gasteiger partial charge on any atom is 0.254 e. The highest BCUT2D eigenvalue weighted by Gasteiger charge is 2.32. The minimum Gasteiger partial charge on any atom is -0.389 e. The lowest BCUT2D eigenvalue weighted by Gasteiger charge is -2.39. The second-order valence-corrected chi connectivity index (χ2v) is 14.4. The molecule has 8 nitrogen and oxygen atoms in total. The molecule has 2 heterocycles. The molecule has 0 spiro atoms. The van der Waals surface area contributed by atoms with E-state index in [0.29, 0.717) is 31.7 Å². The molecule has 2 saturated heterocycles. The lowest BCUT2D eigenvalue weighted by atomic mass is 10.0. The molecule has 0 radical (unpaired) electrons. The maximum atomic E-state index is 12.5. The van der Waals surface area contributed by atoms with Crippen LogP contribution < -0.4 is 0 Å². The summed E-state index contributed by atoms with van der Waals surface area (Å²) in [4.78, 5) is 32.2. The molecule has 11 heteroatoms. The average molecular weight is 775 g/mol. The number of hydrogen-bond acceptors (Lipinski definition) is 6. The van der Waals surface area contributed by atoms with Gasteiger partial charge in [-0.15, -0.1) is 11.6 Å². The predicted octanol–water partition coefficient (Wildman–Crippen LogP) is 5.92. The first-order valence-corrected chi connectivity index (χ1v) is 17.5. The van der Waals surface area contributed by atoms with Crippen molar-refractivity contribution in [3.8, 4) is 0 Å². The van der Waals surface area contributed by atoms with Crippen LogP contribution in [0.25, 0.3) is 0 Å².